The lowest BCUT2D eigenvalue weighted by Crippen LogP contribution is -2.51. The Morgan fingerprint density at radius 1 is 1.29 bits per heavy atom. The van der Waals surface area contributed by atoms with Gasteiger partial charge in [0.2, 0.25) is 0 Å². The number of likely N-dealkylation sites (tertiary alicyclic amines) is 2. The Morgan fingerprint density at radius 2 is 2.12 bits per heavy atom. The third-order valence-corrected chi connectivity index (χ3v) is 6.14. The minimum Gasteiger partial charge on any atom is -0.468 e. The molecule has 1 spiro atoms. The number of furan rings is 1. The summed E-state index contributed by atoms with van der Waals surface area (Å²) in [5.41, 5.74) is -0.0975. The maximum atomic E-state index is 12.6. The molecular weight excluding hydrogens is 304 g/mol. The first kappa shape index (κ1) is 16.2. The molecule has 4 heterocycles. The average molecular weight is 332 g/mol. The van der Waals surface area contributed by atoms with Crippen molar-refractivity contribution in [3.63, 3.8) is 0 Å². The van der Waals surface area contributed by atoms with Crippen molar-refractivity contribution in [2.75, 3.05) is 26.2 Å². The van der Waals surface area contributed by atoms with Gasteiger partial charge in [-0.1, -0.05) is 6.92 Å². The van der Waals surface area contributed by atoms with Crippen molar-refractivity contribution >= 4 is 5.91 Å². The highest BCUT2D eigenvalue weighted by Crippen LogP contribution is 2.43. The predicted molar refractivity (Wildman–Crippen MR) is 90.4 cm³/mol. The number of piperidine rings is 1. The summed E-state index contributed by atoms with van der Waals surface area (Å²) in [6.07, 6.45) is 6.73. The molecular formula is C19H28N2O3. The van der Waals surface area contributed by atoms with Crippen LogP contribution >= 0.6 is 0 Å². The molecule has 0 unspecified atom stereocenters. The van der Waals surface area contributed by atoms with Crippen LogP contribution in [0, 0.1) is 5.92 Å². The quantitative estimate of drug-likeness (QED) is 0.854. The van der Waals surface area contributed by atoms with Crippen molar-refractivity contribution in [1.29, 1.82) is 0 Å². The standard InChI is InChI=1S/C19H28N2O3/c1-15-13-20(14-16-5-4-12-23-16)11-8-19(15)7-6-17(24-19)18(22)21-9-2-3-10-21/h4-5,12,15,17H,2-3,6-11,13-14H2,1H3/t15-,17-,19+/m0/s1. The van der Waals surface area contributed by atoms with Crippen LogP contribution in [-0.2, 0) is 16.1 Å². The van der Waals surface area contributed by atoms with Crippen LogP contribution in [0.5, 0.6) is 0 Å². The number of ether oxygens (including phenoxy) is 1. The van der Waals surface area contributed by atoms with Crippen LogP contribution in [0.2, 0.25) is 0 Å². The van der Waals surface area contributed by atoms with Crippen molar-refractivity contribution < 1.29 is 13.9 Å². The first-order valence-electron chi connectivity index (χ1n) is 9.38. The van der Waals surface area contributed by atoms with Gasteiger partial charge in [0, 0.05) is 26.2 Å². The summed E-state index contributed by atoms with van der Waals surface area (Å²) < 4.78 is 11.9. The monoisotopic (exact) mass is 332 g/mol. The molecule has 3 aliphatic rings. The number of hydrogen-bond acceptors (Lipinski definition) is 4. The molecule has 0 saturated carbocycles. The topological polar surface area (TPSA) is 45.9 Å². The van der Waals surface area contributed by atoms with Gasteiger partial charge in [0.15, 0.2) is 0 Å². The lowest BCUT2D eigenvalue weighted by molar-refractivity contribution is -0.156. The molecule has 4 rings (SSSR count). The summed E-state index contributed by atoms with van der Waals surface area (Å²) in [6.45, 7) is 6.98. The van der Waals surface area contributed by atoms with Crippen LogP contribution in [0.3, 0.4) is 0 Å². The number of hydrogen-bond donors (Lipinski definition) is 0. The molecule has 3 atom stereocenters. The second-order valence-electron chi connectivity index (χ2n) is 7.71. The normalized spacial score (nSPS) is 34.3. The van der Waals surface area contributed by atoms with Gasteiger partial charge in [0.05, 0.1) is 18.4 Å². The highest BCUT2D eigenvalue weighted by atomic mass is 16.5. The van der Waals surface area contributed by atoms with E-state index in [1.54, 1.807) is 6.26 Å². The van der Waals surface area contributed by atoms with Gasteiger partial charge < -0.3 is 14.1 Å². The maximum absolute atomic E-state index is 12.6. The van der Waals surface area contributed by atoms with Crippen molar-refractivity contribution in [1.82, 2.24) is 9.80 Å². The summed E-state index contributed by atoms with van der Waals surface area (Å²) in [6, 6.07) is 3.98. The minimum atomic E-state index is -0.206. The van der Waals surface area contributed by atoms with Crippen LogP contribution in [0.15, 0.2) is 22.8 Å². The molecule has 5 heteroatoms. The van der Waals surface area contributed by atoms with Crippen LogP contribution in [0.25, 0.3) is 0 Å². The Kier molecular flexibility index (Phi) is 4.39. The number of rotatable bonds is 3. The molecule has 24 heavy (non-hydrogen) atoms. The molecule has 3 saturated heterocycles. The first-order valence-corrected chi connectivity index (χ1v) is 9.38. The average Bonchev–Trinajstić information content (AvgIpc) is 3.32. The Bertz CT molecular complexity index is 567. The maximum Gasteiger partial charge on any atom is 0.251 e. The van der Waals surface area contributed by atoms with Gasteiger partial charge in [-0.05, 0) is 50.2 Å². The SMILES string of the molecule is C[C@H]1CN(Cc2ccco2)CC[C@]12CC[C@@H](C(=O)N1CCCC1)O2. The van der Waals surface area contributed by atoms with Gasteiger partial charge in [0.1, 0.15) is 11.9 Å². The largest absolute Gasteiger partial charge is 0.468 e. The third-order valence-electron chi connectivity index (χ3n) is 6.14. The van der Waals surface area contributed by atoms with E-state index in [2.05, 4.69) is 11.8 Å². The van der Waals surface area contributed by atoms with E-state index in [9.17, 15) is 4.79 Å². The third kappa shape index (κ3) is 3.00. The highest BCUT2D eigenvalue weighted by Gasteiger charge is 2.49. The minimum absolute atomic E-state index is 0.0975. The fourth-order valence-electron chi connectivity index (χ4n) is 4.64. The lowest BCUT2D eigenvalue weighted by atomic mass is 9.80. The van der Waals surface area contributed by atoms with Gasteiger partial charge in [-0.2, -0.15) is 0 Å². The van der Waals surface area contributed by atoms with Crippen molar-refractivity contribution in [3.05, 3.63) is 24.2 Å². The highest BCUT2D eigenvalue weighted by molar-refractivity contribution is 5.81. The summed E-state index contributed by atoms with van der Waals surface area (Å²) in [5, 5.41) is 0. The van der Waals surface area contributed by atoms with Crippen LogP contribution in [-0.4, -0.2) is 53.6 Å². The van der Waals surface area contributed by atoms with Crippen LogP contribution in [0.4, 0.5) is 0 Å². The zero-order valence-electron chi connectivity index (χ0n) is 14.6. The van der Waals surface area contributed by atoms with Gasteiger partial charge in [-0.3, -0.25) is 9.69 Å². The second-order valence-corrected chi connectivity index (χ2v) is 7.71. The Labute approximate surface area is 143 Å². The van der Waals surface area contributed by atoms with E-state index in [1.165, 1.54) is 0 Å². The molecule has 0 aliphatic carbocycles. The molecule has 1 aromatic rings. The fourth-order valence-corrected chi connectivity index (χ4v) is 4.64. The number of carbonyl (C=O) groups is 1. The molecule has 1 aromatic heterocycles. The number of nitrogens with zero attached hydrogens (tertiary/aromatic N) is 2. The van der Waals surface area contributed by atoms with Crippen LogP contribution < -0.4 is 0 Å². The zero-order valence-corrected chi connectivity index (χ0v) is 14.6. The summed E-state index contributed by atoms with van der Waals surface area (Å²) in [5.74, 6) is 1.69. The Hall–Kier alpha value is -1.33. The number of carbonyl (C=O) groups excluding carboxylic acids is 1. The van der Waals surface area contributed by atoms with Crippen molar-refractivity contribution in [2.24, 2.45) is 5.92 Å². The molecule has 0 radical (unpaired) electrons. The van der Waals surface area contributed by atoms with Crippen LogP contribution in [0.1, 0.15) is 44.8 Å². The lowest BCUT2D eigenvalue weighted by Gasteiger charge is -2.44. The molecule has 132 valence electrons. The van der Waals surface area contributed by atoms with Crippen molar-refractivity contribution in [2.45, 2.75) is 57.3 Å². The Morgan fingerprint density at radius 3 is 2.83 bits per heavy atom. The summed E-state index contributed by atoms with van der Waals surface area (Å²) >= 11 is 0. The van der Waals surface area contributed by atoms with E-state index < -0.39 is 0 Å². The zero-order chi connectivity index (χ0) is 16.6. The van der Waals surface area contributed by atoms with E-state index in [0.717, 1.165) is 70.6 Å². The van der Waals surface area contributed by atoms with Gasteiger partial charge in [0.25, 0.3) is 5.91 Å². The molecule has 3 fully saturated rings. The molecule has 0 N–H and O–H groups in total. The second kappa shape index (κ2) is 6.52. The molecule has 0 bridgehead atoms. The predicted octanol–water partition coefficient (Wildman–Crippen LogP) is 2.66. The fraction of sp³-hybridized carbons (Fsp3) is 0.737. The van der Waals surface area contributed by atoms with E-state index in [1.807, 2.05) is 17.0 Å². The molecule has 5 nitrogen and oxygen atoms in total. The van der Waals surface area contributed by atoms with E-state index in [-0.39, 0.29) is 17.6 Å². The first-order chi connectivity index (χ1) is 11.7. The molecule has 1 amide bonds. The molecule has 0 aromatic carbocycles. The Balaban J connectivity index is 1.35. The smallest absolute Gasteiger partial charge is 0.251 e. The van der Waals surface area contributed by atoms with Gasteiger partial charge in [-0.15, -0.1) is 0 Å². The van der Waals surface area contributed by atoms with Gasteiger partial charge >= 0.3 is 0 Å². The molecule has 3 aliphatic heterocycles. The van der Waals surface area contributed by atoms with Crippen molar-refractivity contribution in [3.8, 4) is 0 Å². The van der Waals surface area contributed by atoms with E-state index in [0.29, 0.717) is 5.92 Å². The number of amides is 1. The summed E-state index contributed by atoms with van der Waals surface area (Å²) in [7, 11) is 0. The summed E-state index contributed by atoms with van der Waals surface area (Å²) in [4.78, 5) is 17.1. The van der Waals surface area contributed by atoms with E-state index in [4.69, 9.17) is 9.15 Å². The van der Waals surface area contributed by atoms with Gasteiger partial charge in [-0.25, -0.2) is 0 Å². The van der Waals surface area contributed by atoms with E-state index >= 15 is 0 Å².